The van der Waals surface area contributed by atoms with Crippen LogP contribution in [0, 0.1) is 17.5 Å². The number of rotatable bonds is 4. The van der Waals surface area contributed by atoms with E-state index < -0.39 is 17.6 Å². The minimum absolute atomic E-state index is 0.147. The molecule has 0 spiro atoms. The first kappa shape index (κ1) is 18.3. The Labute approximate surface area is 162 Å². The summed E-state index contributed by atoms with van der Waals surface area (Å²) in [4.78, 5) is 12.0. The molecule has 0 saturated heterocycles. The van der Waals surface area contributed by atoms with Crippen LogP contribution >= 0.6 is 11.3 Å². The molecule has 0 aliphatic rings. The first-order valence-corrected chi connectivity index (χ1v) is 9.22. The zero-order valence-corrected chi connectivity index (χ0v) is 15.2. The lowest BCUT2D eigenvalue weighted by Crippen LogP contribution is -1.95. The third-order valence-corrected chi connectivity index (χ3v) is 5.63. The topological polar surface area (TPSA) is 37.3 Å². The molecule has 0 saturated carbocycles. The van der Waals surface area contributed by atoms with Crippen LogP contribution in [-0.2, 0) is 6.42 Å². The van der Waals surface area contributed by atoms with Crippen molar-refractivity contribution in [3.8, 4) is 11.1 Å². The molecule has 3 aromatic carbocycles. The van der Waals surface area contributed by atoms with Crippen LogP contribution in [0.25, 0.3) is 21.2 Å². The van der Waals surface area contributed by atoms with Crippen LogP contribution in [0.3, 0.4) is 0 Å². The predicted molar refractivity (Wildman–Crippen MR) is 103 cm³/mol. The number of carboxylic acids is 1. The van der Waals surface area contributed by atoms with E-state index in [0.29, 0.717) is 27.6 Å². The summed E-state index contributed by atoms with van der Waals surface area (Å²) >= 11 is 1.35. The van der Waals surface area contributed by atoms with E-state index in [4.69, 9.17) is 0 Å². The highest BCUT2D eigenvalue weighted by Crippen LogP contribution is 2.37. The largest absolute Gasteiger partial charge is 0.478 e. The van der Waals surface area contributed by atoms with Gasteiger partial charge in [0.1, 0.15) is 5.82 Å². The van der Waals surface area contributed by atoms with Gasteiger partial charge < -0.3 is 5.11 Å². The molecular weight excluding hydrogens is 385 g/mol. The molecule has 1 heterocycles. The molecule has 2 nitrogen and oxygen atoms in total. The van der Waals surface area contributed by atoms with Gasteiger partial charge in [0.05, 0.1) is 5.56 Å². The molecule has 1 aromatic heterocycles. The number of thiophene rings is 1. The van der Waals surface area contributed by atoms with E-state index in [1.807, 2.05) is 0 Å². The summed E-state index contributed by atoms with van der Waals surface area (Å²) in [5, 5.41) is 9.63. The maximum atomic E-state index is 14.4. The van der Waals surface area contributed by atoms with E-state index >= 15 is 0 Å². The summed E-state index contributed by atoms with van der Waals surface area (Å²) in [6.07, 6.45) is 0.338. The van der Waals surface area contributed by atoms with Gasteiger partial charge in [-0.25, -0.2) is 18.0 Å². The summed E-state index contributed by atoms with van der Waals surface area (Å²) in [5.41, 5.74) is 2.13. The van der Waals surface area contributed by atoms with Crippen LogP contribution in [0.5, 0.6) is 0 Å². The second kappa shape index (κ2) is 7.13. The van der Waals surface area contributed by atoms with E-state index in [1.165, 1.54) is 29.5 Å². The fourth-order valence-electron chi connectivity index (χ4n) is 3.13. The number of fused-ring (bicyclic) bond motifs is 1. The molecule has 0 amide bonds. The van der Waals surface area contributed by atoms with Crippen molar-refractivity contribution in [3.05, 3.63) is 94.1 Å². The molecule has 0 atom stereocenters. The highest BCUT2D eigenvalue weighted by molar-refractivity contribution is 7.19. The molecule has 0 aliphatic heterocycles. The average molecular weight is 398 g/mol. The van der Waals surface area contributed by atoms with Crippen LogP contribution in [0.15, 0.2) is 60.7 Å². The van der Waals surface area contributed by atoms with Gasteiger partial charge in [-0.2, -0.15) is 0 Å². The molecule has 1 N–H and O–H groups in total. The highest BCUT2D eigenvalue weighted by atomic mass is 32.1. The molecule has 0 fully saturated rings. The van der Waals surface area contributed by atoms with Crippen molar-refractivity contribution in [3.63, 3.8) is 0 Å². The minimum Gasteiger partial charge on any atom is -0.478 e. The summed E-state index contributed by atoms with van der Waals surface area (Å²) in [7, 11) is 0. The maximum absolute atomic E-state index is 14.4. The Balaban J connectivity index is 1.79. The smallest absolute Gasteiger partial charge is 0.335 e. The van der Waals surface area contributed by atoms with Crippen molar-refractivity contribution in [2.24, 2.45) is 0 Å². The van der Waals surface area contributed by atoms with E-state index in [1.54, 1.807) is 30.3 Å². The van der Waals surface area contributed by atoms with Gasteiger partial charge >= 0.3 is 5.97 Å². The van der Waals surface area contributed by atoms with Crippen molar-refractivity contribution in [2.45, 2.75) is 6.42 Å². The lowest BCUT2D eigenvalue weighted by Gasteiger charge is -2.05. The SMILES string of the molecule is O=C(O)c1cccc(-c2ccc(F)c3cc(Cc4ccc(F)c(F)c4)sc23)c1. The fraction of sp³-hybridized carbons (Fsp3) is 0.0455. The van der Waals surface area contributed by atoms with Gasteiger partial charge in [-0.15, -0.1) is 11.3 Å². The Morgan fingerprint density at radius 3 is 2.43 bits per heavy atom. The zero-order chi connectivity index (χ0) is 19.8. The van der Waals surface area contributed by atoms with E-state index in [9.17, 15) is 23.1 Å². The minimum atomic E-state index is -1.04. The quantitative estimate of drug-likeness (QED) is 0.440. The Morgan fingerprint density at radius 2 is 1.68 bits per heavy atom. The lowest BCUT2D eigenvalue weighted by molar-refractivity contribution is 0.0697. The summed E-state index contributed by atoms with van der Waals surface area (Å²) in [5.74, 6) is -3.26. The van der Waals surface area contributed by atoms with E-state index in [0.717, 1.165) is 22.6 Å². The number of aromatic carboxylic acids is 1. The lowest BCUT2D eigenvalue weighted by atomic mass is 10.0. The van der Waals surface area contributed by atoms with Gasteiger partial charge in [-0.05, 0) is 53.1 Å². The predicted octanol–water partition coefficient (Wildman–Crippen LogP) is 6.27. The normalized spacial score (nSPS) is 11.1. The molecule has 4 aromatic rings. The Hall–Kier alpha value is -3.12. The molecule has 0 radical (unpaired) electrons. The third-order valence-electron chi connectivity index (χ3n) is 4.46. The molecular formula is C22H13F3O2S. The fourth-order valence-corrected chi connectivity index (χ4v) is 4.37. The van der Waals surface area contributed by atoms with Crippen LogP contribution in [-0.4, -0.2) is 11.1 Å². The van der Waals surface area contributed by atoms with E-state index in [2.05, 4.69) is 0 Å². The average Bonchev–Trinajstić information content (AvgIpc) is 3.09. The van der Waals surface area contributed by atoms with Crippen molar-refractivity contribution in [1.29, 1.82) is 0 Å². The molecule has 6 heteroatoms. The Bertz CT molecular complexity index is 1210. The van der Waals surface area contributed by atoms with Crippen LogP contribution in [0.4, 0.5) is 13.2 Å². The standard InChI is InChI=1S/C22H13F3O2S/c23-18-7-5-16(13-2-1-3-14(10-13)22(26)27)21-17(18)11-15(28-21)8-12-4-6-19(24)20(25)9-12/h1-7,9-11H,8H2,(H,26,27). The second-order valence-corrected chi connectivity index (χ2v) is 7.50. The van der Waals surface area contributed by atoms with Gasteiger partial charge in [0.2, 0.25) is 0 Å². The Morgan fingerprint density at radius 1 is 0.893 bits per heavy atom. The Kier molecular flexibility index (Phi) is 4.65. The number of halogens is 3. The number of hydrogen-bond donors (Lipinski definition) is 1. The van der Waals surface area contributed by atoms with Crippen molar-refractivity contribution in [1.82, 2.24) is 0 Å². The second-order valence-electron chi connectivity index (χ2n) is 6.36. The molecule has 28 heavy (non-hydrogen) atoms. The molecule has 4 rings (SSSR count). The summed E-state index contributed by atoms with van der Waals surface area (Å²) < 4.78 is 41.6. The third kappa shape index (κ3) is 3.39. The molecule has 0 bridgehead atoms. The van der Waals surface area contributed by atoms with Gasteiger partial charge in [0, 0.05) is 21.4 Å². The number of benzene rings is 3. The van der Waals surface area contributed by atoms with Gasteiger partial charge in [-0.3, -0.25) is 0 Å². The first-order chi connectivity index (χ1) is 13.4. The van der Waals surface area contributed by atoms with Crippen molar-refractivity contribution < 1.29 is 23.1 Å². The monoisotopic (exact) mass is 398 g/mol. The van der Waals surface area contributed by atoms with Gasteiger partial charge in [0.15, 0.2) is 11.6 Å². The first-order valence-electron chi connectivity index (χ1n) is 8.41. The van der Waals surface area contributed by atoms with Gasteiger partial charge in [-0.1, -0.05) is 24.3 Å². The van der Waals surface area contributed by atoms with Crippen LogP contribution < -0.4 is 0 Å². The number of hydrogen-bond acceptors (Lipinski definition) is 2. The van der Waals surface area contributed by atoms with Crippen LogP contribution in [0.2, 0.25) is 0 Å². The molecule has 0 aliphatic carbocycles. The number of carboxylic acid groups (broad SMARTS) is 1. The zero-order valence-electron chi connectivity index (χ0n) is 14.4. The maximum Gasteiger partial charge on any atom is 0.335 e. The summed E-state index contributed by atoms with van der Waals surface area (Å²) in [6, 6.07) is 14.8. The molecule has 0 unspecified atom stereocenters. The highest BCUT2D eigenvalue weighted by Gasteiger charge is 2.14. The van der Waals surface area contributed by atoms with E-state index in [-0.39, 0.29) is 11.4 Å². The van der Waals surface area contributed by atoms with Crippen molar-refractivity contribution >= 4 is 27.4 Å². The molecule has 140 valence electrons. The van der Waals surface area contributed by atoms with Gasteiger partial charge in [0.25, 0.3) is 0 Å². The number of carbonyl (C=O) groups is 1. The van der Waals surface area contributed by atoms with Crippen molar-refractivity contribution in [2.75, 3.05) is 0 Å². The summed E-state index contributed by atoms with van der Waals surface area (Å²) in [6.45, 7) is 0. The van der Waals surface area contributed by atoms with Crippen LogP contribution in [0.1, 0.15) is 20.8 Å².